The van der Waals surface area contributed by atoms with Crippen molar-refractivity contribution in [2.24, 2.45) is 11.3 Å². The summed E-state index contributed by atoms with van der Waals surface area (Å²) in [6.45, 7) is 2.56. The Labute approximate surface area is 171 Å². The second-order valence-electron chi connectivity index (χ2n) is 7.22. The van der Waals surface area contributed by atoms with Crippen LogP contribution >= 0.6 is 11.8 Å². The molecule has 156 valence electrons. The predicted octanol–water partition coefficient (Wildman–Crippen LogP) is 0.284. The summed E-state index contributed by atoms with van der Waals surface area (Å²) >= 11 is 1.03. The minimum Gasteiger partial charge on any atom is -0.481 e. The highest BCUT2D eigenvalue weighted by atomic mass is 32.2. The van der Waals surface area contributed by atoms with Crippen molar-refractivity contribution in [1.29, 1.82) is 0 Å². The van der Waals surface area contributed by atoms with Crippen molar-refractivity contribution in [2.45, 2.75) is 31.7 Å². The van der Waals surface area contributed by atoms with Gasteiger partial charge in [0.05, 0.1) is 17.8 Å². The minimum atomic E-state index is -1.71. The maximum Gasteiger partial charge on any atom is 0.372 e. The van der Waals surface area contributed by atoms with Crippen LogP contribution < -0.4 is 10.6 Å². The van der Waals surface area contributed by atoms with Crippen molar-refractivity contribution in [3.63, 3.8) is 0 Å². The van der Waals surface area contributed by atoms with Crippen LogP contribution in [0.5, 0.6) is 0 Å². The van der Waals surface area contributed by atoms with E-state index in [0.717, 1.165) is 17.3 Å². The number of rotatable bonds is 10. The molecule has 0 spiro atoms. The molecule has 1 aliphatic rings. The van der Waals surface area contributed by atoms with Gasteiger partial charge in [-0.3, -0.25) is 19.2 Å². The van der Waals surface area contributed by atoms with Crippen LogP contribution in [0.15, 0.2) is 30.3 Å². The number of Topliss-reactive ketones (excluding diaryl/α,β-unsaturated/α-hetero) is 1. The van der Waals surface area contributed by atoms with Crippen LogP contribution in [0.2, 0.25) is 0 Å². The molecule has 1 fully saturated rings. The molecular formula is C19H22N2O7S. The van der Waals surface area contributed by atoms with Gasteiger partial charge in [-0.25, -0.2) is 4.79 Å². The number of carbonyl (C=O) groups excluding carboxylic acids is 3. The Balaban J connectivity index is 1.99. The first-order chi connectivity index (χ1) is 13.5. The van der Waals surface area contributed by atoms with E-state index in [-0.39, 0.29) is 18.1 Å². The number of carbonyl (C=O) groups is 5. The molecule has 1 aromatic rings. The fraction of sp³-hybridized carbons (Fsp3) is 0.421. The number of β-lactam (4-membered cyclic amide) rings is 1. The lowest BCUT2D eigenvalue weighted by molar-refractivity contribution is -0.158. The molecule has 0 radical (unpaired) electrons. The number of aliphatic carboxylic acids is 2. The van der Waals surface area contributed by atoms with E-state index < -0.39 is 46.4 Å². The lowest BCUT2D eigenvalue weighted by Gasteiger charge is -2.38. The Morgan fingerprint density at radius 1 is 1.17 bits per heavy atom. The van der Waals surface area contributed by atoms with Crippen molar-refractivity contribution < 1.29 is 34.2 Å². The summed E-state index contributed by atoms with van der Waals surface area (Å²) in [6, 6.07) is 8.12. The molecule has 0 saturated carbocycles. The fourth-order valence-corrected chi connectivity index (χ4v) is 4.30. The van der Waals surface area contributed by atoms with Gasteiger partial charge >= 0.3 is 11.9 Å². The number of amides is 2. The first kappa shape index (κ1) is 22.4. The molecule has 1 saturated heterocycles. The van der Waals surface area contributed by atoms with Gasteiger partial charge in [0.25, 0.3) is 0 Å². The van der Waals surface area contributed by atoms with Gasteiger partial charge in [-0.15, -0.1) is 11.8 Å². The zero-order valence-corrected chi connectivity index (χ0v) is 16.7. The summed E-state index contributed by atoms with van der Waals surface area (Å²) in [6.07, 6.45) is 0.0914. The third kappa shape index (κ3) is 5.35. The summed E-state index contributed by atoms with van der Waals surface area (Å²) in [5.41, 5.74) is -0.827. The minimum absolute atomic E-state index is 0.0914. The van der Waals surface area contributed by atoms with E-state index in [2.05, 4.69) is 10.6 Å². The predicted molar refractivity (Wildman–Crippen MR) is 104 cm³/mol. The van der Waals surface area contributed by atoms with E-state index in [0.29, 0.717) is 0 Å². The van der Waals surface area contributed by atoms with Gasteiger partial charge in [0.2, 0.25) is 17.6 Å². The van der Waals surface area contributed by atoms with Crippen LogP contribution in [0.3, 0.4) is 0 Å². The molecule has 29 heavy (non-hydrogen) atoms. The summed E-state index contributed by atoms with van der Waals surface area (Å²) in [5.74, 6) is -6.42. The van der Waals surface area contributed by atoms with Gasteiger partial charge in [-0.05, 0) is 19.4 Å². The maximum atomic E-state index is 12.2. The topological polar surface area (TPSA) is 150 Å². The van der Waals surface area contributed by atoms with E-state index in [1.807, 2.05) is 6.07 Å². The number of hydrogen-bond donors (Lipinski definition) is 4. The molecule has 1 aromatic carbocycles. The monoisotopic (exact) mass is 422 g/mol. The maximum absolute atomic E-state index is 12.2. The number of ketones is 1. The number of carboxylic acids is 2. The highest BCUT2D eigenvalue weighted by Crippen LogP contribution is 2.33. The van der Waals surface area contributed by atoms with Crippen molar-refractivity contribution in [2.75, 3.05) is 5.75 Å². The van der Waals surface area contributed by atoms with Crippen LogP contribution in [0.1, 0.15) is 19.4 Å². The molecule has 0 bridgehead atoms. The molecular weight excluding hydrogens is 400 g/mol. The summed E-state index contributed by atoms with van der Waals surface area (Å²) < 4.78 is 0. The normalized spacial score (nSPS) is 19.4. The van der Waals surface area contributed by atoms with E-state index in [1.54, 1.807) is 24.3 Å². The van der Waals surface area contributed by atoms with Crippen molar-refractivity contribution in [1.82, 2.24) is 10.6 Å². The molecule has 1 aliphatic heterocycles. The third-order valence-electron chi connectivity index (χ3n) is 4.79. The number of nitrogens with one attached hydrogen (secondary N) is 2. The van der Waals surface area contributed by atoms with Gasteiger partial charge in [0.1, 0.15) is 11.4 Å². The lowest BCUT2D eigenvalue weighted by Crippen LogP contribution is -2.68. The van der Waals surface area contributed by atoms with Crippen LogP contribution in [0.25, 0.3) is 0 Å². The Hall–Kier alpha value is -2.88. The van der Waals surface area contributed by atoms with Gasteiger partial charge in [-0.2, -0.15) is 0 Å². The molecule has 2 amide bonds. The largest absolute Gasteiger partial charge is 0.481 e. The molecule has 1 unspecified atom stereocenters. The average Bonchev–Trinajstić information content (AvgIpc) is 2.65. The zero-order valence-electron chi connectivity index (χ0n) is 15.9. The smallest absolute Gasteiger partial charge is 0.372 e. The SMILES string of the molecule is CC(C)(C(=O)O)C(CS[C@H]1NC(=O)[C@H]1NC(=O)Cc1ccccc1)C(=O)C(=O)O. The quantitative estimate of drug-likeness (QED) is 0.310. The highest BCUT2D eigenvalue weighted by Gasteiger charge is 2.46. The van der Waals surface area contributed by atoms with E-state index >= 15 is 0 Å². The van der Waals surface area contributed by atoms with Crippen LogP contribution in [0, 0.1) is 11.3 Å². The van der Waals surface area contributed by atoms with Crippen molar-refractivity contribution >= 4 is 41.3 Å². The second-order valence-corrected chi connectivity index (χ2v) is 8.39. The second kappa shape index (κ2) is 9.08. The molecule has 4 N–H and O–H groups in total. The van der Waals surface area contributed by atoms with Crippen LogP contribution in [-0.2, 0) is 30.4 Å². The first-order valence-electron chi connectivity index (χ1n) is 8.79. The molecule has 9 nitrogen and oxygen atoms in total. The molecule has 10 heteroatoms. The standard InChI is InChI=1S/C19H22N2O7S/c1-19(2,18(27)28)11(14(23)17(25)26)9-29-16-13(15(24)21-16)20-12(22)8-10-6-4-3-5-7-10/h3-7,11,13,16H,8-9H2,1-2H3,(H,20,22)(H,21,24)(H,25,26)(H,27,28)/t11?,13-,16-/m1/s1. The van der Waals surface area contributed by atoms with Gasteiger partial charge < -0.3 is 20.8 Å². The Morgan fingerprint density at radius 2 is 1.79 bits per heavy atom. The number of hydrogen-bond acceptors (Lipinski definition) is 6. The highest BCUT2D eigenvalue weighted by molar-refractivity contribution is 8.00. The van der Waals surface area contributed by atoms with Gasteiger partial charge in [-0.1, -0.05) is 30.3 Å². The molecule has 1 heterocycles. The number of thioether (sulfide) groups is 1. The molecule has 3 atom stereocenters. The van der Waals surface area contributed by atoms with Gasteiger partial charge in [0, 0.05) is 5.75 Å². The number of benzene rings is 1. The van der Waals surface area contributed by atoms with E-state index in [9.17, 15) is 29.1 Å². The van der Waals surface area contributed by atoms with Crippen molar-refractivity contribution in [3.05, 3.63) is 35.9 Å². The number of carboxylic acid groups (broad SMARTS) is 2. The third-order valence-corrected chi connectivity index (χ3v) is 6.06. The average molecular weight is 422 g/mol. The fourth-order valence-electron chi connectivity index (χ4n) is 2.75. The van der Waals surface area contributed by atoms with Crippen LogP contribution in [0.4, 0.5) is 0 Å². The Bertz CT molecular complexity index is 825. The summed E-state index contributed by atoms with van der Waals surface area (Å²) in [7, 11) is 0. The van der Waals surface area contributed by atoms with E-state index in [1.165, 1.54) is 13.8 Å². The Kier molecular flexibility index (Phi) is 7.02. The van der Waals surface area contributed by atoms with E-state index in [4.69, 9.17) is 5.11 Å². The Morgan fingerprint density at radius 3 is 2.31 bits per heavy atom. The van der Waals surface area contributed by atoms with Crippen LogP contribution in [-0.4, -0.2) is 56.9 Å². The zero-order chi connectivity index (χ0) is 21.8. The molecule has 0 aromatic heterocycles. The summed E-state index contributed by atoms with van der Waals surface area (Å²) in [5, 5.41) is 23.0. The first-order valence-corrected chi connectivity index (χ1v) is 9.84. The van der Waals surface area contributed by atoms with Gasteiger partial charge in [0.15, 0.2) is 0 Å². The molecule has 0 aliphatic carbocycles. The summed E-state index contributed by atoms with van der Waals surface area (Å²) in [4.78, 5) is 58.6. The molecule has 2 rings (SSSR count). The van der Waals surface area contributed by atoms with Crippen molar-refractivity contribution in [3.8, 4) is 0 Å². The lowest BCUT2D eigenvalue weighted by atomic mass is 9.77.